The van der Waals surface area contributed by atoms with Crippen LogP contribution in [0.5, 0.6) is 5.75 Å². The van der Waals surface area contributed by atoms with E-state index in [2.05, 4.69) is 0 Å². The molecular formula is C11H11ClO4S. The monoisotopic (exact) mass is 274 g/mol. The summed E-state index contributed by atoms with van der Waals surface area (Å²) in [6.45, 7) is 0.706. The molecule has 0 aliphatic carbocycles. The minimum absolute atomic E-state index is 0.0672. The molecule has 0 atom stereocenters. The maximum Gasteiger partial charge on any atom is 0.313 e. The number of carboxylic acid groups (broad SMARTS) is 1. The summed E-state index contributed by atoms with van der Waals surface area (Å²) in [6.07, 6.45) is 0. The van der Waals surface area contributed by atoms with Crippen LogP contribution in [0.3, 0.4) is 0 Å². The van der Waals surface area contributed by atoms with Crippen LogP contribution in [-0.4, -0.2) is 23.6 Å². The lowest BCUT2D eigenvalue weighted by molar-refractivity contribution is -0.133. The number of carbonyl (C=O) groups is 1. The van der Waals surface area contributed by atoms with Gasteiger partial charge in [-0.05, 0) is 12.1 Å². The highest BCUT2D eigenvalue weighted by molar-refractivity contribution is 7.99. The molecular weight excluding hydrogens is 264 g/mol. The fourth-order valence-electron chi connectivity index (χ4n) is 1.61. The number of rotatable bonds is 4. The SMILES string of the molecule is O=C(O)CSCc1cc(Cl)cc2c1OCOC2. The van der Waals surface area contributed by atoms with Crippen molar-refractivity contribution < 1.29 is 19.4 Å². The van der Waals surface area contributed by atoms with Gasteiger partial charge < -0.3 is 14.6 Å². The van der Waals surface area contributed by atoms with Crippen LogP contribution in [0.4, 0.5) is 0 Å². The number of benzene rings is 1. The molecule has 0 bridgehead atoms. The van der Waals surface area contributed by atoms with Crippen molar-refractivity contribution in [3.8, 4) is 5.75 Å². The van der Waals surface area contributed by atoms with Crippen molar-refractivity contribution in [2.45, 2.75) is 12.4 Å². The number of ether oxygens (including phenoxy) is 2. The Hall–Kier alpha value is -0.910. The zero-order valence-corrected chi connectivity index (χ0v) is 10.5. The summed E-state index contributed by atoms with van der Waals surface area (Å²) in [6, 6.07) is 3.61. The molecule has 0 saturated carbocycles. The highest BCUT2D eigenvalue weighted by Gasteiger charge is 2.16. The van der Waals surface area contributed by atoms with Gasteiger partial charge in [0.1, 0.15) is 5.75 Å². The molecule has 2 rings (SSSR count). The van der Waals surface area contributed by atoms with Crippen LogP contribution in [0, 0.1) is 0 Å². The minimum atomic E-state index is -0.824. The van der Waals surface area contributed by atoms with Crippen LogP contribution in [0.25, 0.3) is 0 Å². The van der Waals surface area contributed by atoms with Crippen LogP contribution >= 0.6 is 23.4 Å². The van der Waals surface area contributed by atoms with Crippen molar-refractivity contribution in [1.29, 1.82) is 0 Å². The molecule has 6 heteroatoms. The van der Waals surface area contributed by atoms with Crippen LogP contribution in [0.2, 0.25) is 5.02 Å². The zero-order valence-electron chi connectivity index (χ0n) is 8.94. The van der Waals surface area contributed by atoms with E-state index in [1.165, 1.54) is 11.8 Å². The molecule has 1 aromatic carbocycles. The Kier molecular flexibility index (Phi) is 4.15. The second-order valence-electron chi connectivity index (χ2n) is 3.55. The summed E-state index contributed by atoms with van der Waals surface area (Å²) in [5, 5.41) is 9.20. The third-order valence-corrected chi connectivity index (χ3v) is 3.42. The number of aliphatic carboxylic acids is 1. The molecule has 17 heavy (non-hydrogen) atoms. The van der Waals surface area contributed by atoms with E-state index in [0.717, 1.165) is 16.9 Å². The number of thioether (sulfide) groups is 1. The lowest BCUT2D eigenvalue weighted by Gasteiger charge is -2.20. The normalized spacial score (nSPS) is 13.9. The molecule has 0 aromatic heterocycles. The van der Waals surface area contributed by atoms with E-state index in [0.29, 0.717) is 17.4 Å². The second-order valence-corrected chi connectivity index (χ2v) is 4.97. The van der Waals surface area contributed by atoms with Crippen LogP contribution in [0.15, 0.2) is 12.1 Å². The standard InChI is InChI=1S/C11H11ClO4S/c12-9-1-7-3-15-6-16-11(7)8(2-9)4-17-5-10(13)14/h1-2H,3-6H2,(H,13,14). The number of carboxylic acids is 1. The summed E-state index contributed by atoms with van der Waals surface area (Å²) in [5.74, 6) is 0.584. The average molecular weight is 275 g/mol. The predicted octanol–water partition coefficient (Wildman–Crippen LogP) is 2.52. The molecule has 92 valence electrons. The van der Waals surface area contributed by atoms with Crippen molar-refractivity contribution in [2.75, 3.05) is 12.5 Å². The molecule has 0 fully saturated rings. The molecule has 0 spiro atoms. The van der Waals surface area contributed by atoms with Crippen LogP contribution < -0.4 is 4.74 Å². The van der Waals surface area contributed by atoms with Gasteiger partial charge in [0.05, 0.1) is 12.4 Å². The number of fused-ring (bicyclic) bond motifs is 1. The first-order valence-corrected chi connectivity index (χ1v) is 6.51. The Morgan fingerprint density at radius 2 is 2.35 bits per heavy atom. The molecule has 1 aliphatic rings. The van der Waals surface area contributed by atoms with Gasteiger partial charge in [-0.1, -0.05) is 11.6 Å². The smallest absolute Gasteiger partial charge is 0.313 e. The second kappa shape index (κ2) is 5.62. The van der Waals surface area contributed by atoms with Gasteiger partial charge in [0.25, 0.3) is 0 Å². The summed E-state index contributed by atoms with van der Waals surface area (Å²) in [4.78, 5) is 10.4. The Labute approximate surface area is 108 Å². The van der Waals surface area contributed by atoms with E-state index < -0.39 is 5.97 Å². The quantitative estimate of drug-likeness (QED) is 0.914. The largest absolute Gasteiger partial charge is 0.481 e. The van der Waals surface area contributed by atoms with Crippen molar-refractivity contribution in [2.24, 2.45) is 0 Å². The number of hydrogen-bond acceptors (Lipinski definition) is 4. The predicted molar refractivity (Wildman–Crippen MR) is 65.5 cm³/mol. The van der Waals surface area contributed by atoms with Gasteiger partial charge in [-0.3, -0.25) is 4.79 Å². The Bertz CT molecular complexity index is 436. The molecule has 0 amide bonds. The fraction of sp³-hybridized carbons (Fsp3) is 0.364. The van der Waals surface area contributed by atoms with Gasteiger partial charge in [-0.25, -0.2) is 0 Å². The highest BCUT2D eigenvalue weighted by Crippen LogP contribution is 2.33. The third kappa shape index (κ3) is 3.28. The van der Waals surface area contributed by atoms with Gasteiger partial charge in [-0.2, -0.15) is 0 Å². The molecule has 1 aliphatic heterocycles. The summed E-state index contributed by atoms with van der Waals surface area (Å²) in [7, 11) is 0. The Morgan fingerprint density at radius 1 is 1.53 bits per heavy atom. The molecule has 1 heterocycles. The van der Waals surface area contributed by atoms with Crippen LogP contribution in [0.1, 0.15) is 11.1 Å². The number of hydrogen-bond donors (Lipinski definition) is 1. The van der Waals surface area contributed by atoms with Crippen molar-refractivity contribution in [3.63, 3.8) is 0 Å². The first-order valence-electron chi connectivity index (χ1n) is 4.98. The van der Waals surface area contributed by atoms with E-state index in [9.17, 15) is 4.79 Å². The van der Waals surface area contributed by atoms with Gasteiger partial charge in [0.15, 0.2) is 6.79 Å². The lowest BCUT2D eigenvalue weighted by Crippen LogP contribution is -2.13. The third-order valence-electron chi connectivity index (χ3n) is 2.23. The Balaban J connectivity index is 2.14. The van der Waals surface area contributed by atoms with E-state index in [-0.39, 0.29) is 12.5 Å². The number of halogens is 1. The maximum atomic E-state index is 10.4. The van der Waals surface area contributed by atoms with Crippen molar-refractivity contribution in [1.82, 2.24) is 0 Å². The topological polar surface area (TPSA) is 55.8 Å². The van der Waals surface area contributed by atoms with Gasteiger partial charge in [0.2, 0.25) is 0 Å². The van der Waals surface area contributed by atoms with Gasteiger partial charge in [0, 0.05) is 21.9 Å². The fourth-order valence-corrected chi connectivity index (χ4v) is 2.59. The molecule has 1 aromatic rings. The van der Waals surface area contributed by atoms with E-state index in [1.54, 1.807) is 12.1 Å². The summed E-state index contributed by atoms with van der Waals surface area (Å²) < 4.78 is 10.6. The molecule has 0 saturated heterocycles. The first-order chi connectivity index (χ1) is 8.16. The van der Waals surface area contributed by atoms with E-state index in [1.807, 2.05) is 0 Å². The molecule has 0 radical (unpaired) electrons. The Morgan fingerprint density at radius 3 is 3.12 bits per heavy atom. The minimum Gasteiger partial charge on any atom is -0.481 e. The van der Waals surface area contributed by atoms with E-state index >= 15 is 0 Å². The van der Waals surface area contributed by atoms with Crippen molar-refractivity contribution >= 4 is 29.3 Å². The van der Waals surface area contributed by atoms with Crippen molar-refractivity contribution in [3.05, 3.63) is 28.3 Å². The average Bonchev–Trinajstić information content (AvgIpc) is 2.28. The molecule has 1 N–H and O–H groups in total. The molecule has 4 nitrogen and oxygen atoms in total. The van der Waals surface area contributed by atoms with Gasteiger partial charge >= 0.3 is 5.97 Å². The first kappa shape index (κ1) is 12.5. The summed E-state index contributed by atoms with van der Waals surface area (Å²) >= 11 is 7.30. The highest BCUT2D eigenvalue weighted by atomic mass is 35.5. The maximum absolute atomic E-state index is 10.4. The van der Waals surface area contributed by atoms with Crippen LogP contribution in [-0.2, 0) is 21.9 Å². The lowest BCUT2D eigenvalue weighted by atomic mass is 10.1. The molecule has 0 unspecified atom stereocenters. The van der Waals surface area contributed by atoms with E-state index in [4.69, 9.17) is 26.2 Å². The zero-order chi connectivity index (χ0) is 12.3. The summed E-state index contributed by atoms with van der Waals surface area (Å²) in [5.41, 5.74) is 1.83. The van der Waals surface area contributed by atoms with Gasteiger partial charge in [-0.15, -0.1) is 11.8 Å².